The van der Waals surface area contributed by atoms with Crippen LogP contribution in [0, 0.1) is 6.92 Å². The number of aryl methyl sites for hydroxylation is 1. The third kappa shape index (κ3) is 3.77. The van der Waals surface area contributed by atoms with Gasteiger partial charge >= 0.3 is 0 Å². The van der Waals surface area contributed by atoms with Gasteiger partial charge in [0.15, 0.2) is 5.76 Å². The molecule has 7 heteroatoms. The van der Waals surface area contributed by atoms with Crippen molar-refractivity contribution in [1.29, 1.82) is 0 Å². The zero-order valence-electron chi connectivity index (χ0n) is 13.9. The van der Waals surface area contributed by atoms with Crippen LogP contribution >= 0.6 is 0 Å². The minimum atomic E-state index is -0.380. The molecule has 0 aliphatic rings. The molecule has 0 atom stereocenters. The fraction of sp³-hybridized carbons (Fsp3) is 0.167. The van der Waals surface area contributed by atoms with Gasteiger partial charge in [0.2, 0.25) is 5.91 Å². The molecule has 0 unspecified atom stereocenters. The number of amides is 1. The van der Waals surface area contributed by atoms with Crippen molar-refractivity contribution >= 4 is 11.6 Å². The largest absolute Gasteiger partial charge is 0.495 e. The summed E-state index contributed by atoms with van der Waals surface area (Å²) < 4.78 is 11.6. The van der Waals surface area contributed by atoms with Crippen LogP contribution in [0.15, 0.2) is 57.9 Å². The highest BCUT2D eigenvalue weighted by atomic mass is 16.5. The zero-order chi connectivity index (χ0) is 17.8. The molecule has 3 rings (SSSR count). The minimum Gasteiger partial charge on any atom is -0.495 e. The van der Waals surface area contributed by atoms with Crippen LogP contribution in [0.4, 0.5) is 5.69 Å². The first-order valence-corrected chi connectivity index (χ1v) is 7.63. The van der Waals surface area contributed by atoms with Crippen LogP contribution in [0.3, 0.4) is 0 Å². The number of carbonyl (C=O) groups excluding carboxylic acids is 1. The number of methoxy groups -OCH3 is 1. The third-order valence-electron chi connectivity index (χ3n) is 3.56. The van der Waals surface area contributed by atoms with Crippen LogP contribution in [0.1, 0.15) is 5.56 Å². The molecular formula is C18H17N3O4. The first-order valence-electron chi connectivity index (χ1n) is 7.63. The highest BCUT2D eigenvalue weighted by molar-refractivity contribution is 5.92. The lowest BCUT2D eigenvalue weighted by molar-refractivity contribution is -0.117. The maximum atomic E-state index is 12.3. The van der Waals surface area contributed by atoms with E-state index in [1.54, 1.807) is 30.3 Å². The number of nitrogens with zero attached hydrogens (tertiary/aromatic N) is 2. The summed E-state index contributed by atoms with van der Waals surface area (Å²) in [5, 5.41) is 6.92. The van der Waals surface area contributed by atoms with Gasteiger partial charge in [-0.15, -0.1) is 0 Å². The van der Waals surface area contributed by atoms with Gasteiger partial charge in [0.25, 0.3) is 5.56 Å². The Morgan fingerprint density at radius 1 is 1.28 bits per heavy atom. The topological polar surface area (TPSA) is 86.4 Å². The first kappa shape index (κ1) is 16.5. The average Bonchev–Trinajstić information content (AvgIpc) is 3.11. The lowest BCUT2D eigenvalue weighted by Crippen LogP contribution is -2.29. The van der Waals surface area contributed by atoms with Crippen LogP contribution < -0.4 is 15.6 Å². The number of rotatable bonds is 5. The molecule has 1 amide bonds. The van der Waals surface area contributed by atoms with E-state index in [9.17, 15) is 9.59 Å². The van der Waals surface area contributed by atoms with Crippen molar-refractivity contribution in [3.63, 3.8) is 0 Å². The van der Waals surface area contributed by atoms with Crippen molar-refractivity contribution in [2.75, 3.05) is 12.4 Å². The van der Waals surface area contributed by atoms with Gasteiger partial charge in [0.05, 0.1) is 19.1 Å². The summed E-state index contributed by atoms with van der Waals surface area (Å²) in [4.78, 5) is 24.3. The summed E-state index contributed by atoms with van der Waals surface area (Å²) in [5.41, 5.74) is 1.63. The smallest absolute Gasteiger partial charge is 0.267 e. The van der Waals surface area contributed by atoms with Gasteiger partial charge in [-0.2, -0.15) is 5.10 Å². The normalized spacial score (nSPS) is 10.5. The summed E-state index contributed by atoms with van der Waals surface area (Å²) in [7, 11) is 1.53. The number of benzene rings is 1. The Labute approximate surface area is 143 Å². The average molecular weight is 339 g/mol. The van der Waals surface area contributed by atoms with E-state index in [1.165, 1.54) is 19.4 Å². The van der Waals surface area contributed by atoms with Crippen molar-refractivity contribution in [1.82, 2.24) is 9.78 Å². The van der Waals surface area contributed by atoms with Crippen molar-refractivity contribution in [3.8, 4) is 17.2 Å². The van der Waals surface area contributed by atoms with Crippen LogP contribution in [-0.4, -0.2) is 22.8 Å². The molecule has 2 aromatic heterocycles. The Kier molecular flexibility index (Phi) is 4.65. The quantitative estimate of drug-likeness (QED) is 0.772. The fourth-order valence-corrected chi connectivity index (χ4v) is 2.36. The van der Waals surface area contributed by atoms with Crippen molar-refractivity contribution in [3.05, 3.63) is 64.6 Å². The monoisotopic (exact) mass is 339 g/mol. The van der Waals surface area contributed by atoms with Gasteiger partial charge in [-0.25, -0.2) is 4.68 Å². The summed E-state index contributed by atoms with van der Waals surface area (Å²) in [5.74, 6) is 0.688. The second-order valence-corrected chi connectivity index (χ2v) is 5.44. The molecule has 1 aromatic carbocycles. The van der Waals surface area contributed by atoms with Gasteiger partial charge in [0, 0.05) is 6.07 Å². The van der Waals surface area contributed by atoms with Gasteiger partial charge in [0.1, 0.15) is 18.0 Å². The maximum absolute atomic E-state index is 12.3. The molecule has 0 aliphatic carbocycles. The molecule has 0 saturated heterocycles. The van der Waals surface area contributed by atoms with E-state index in [0.717, 1.165) is 10.2 Å². The highest BCUT2D eigenvalue weighted by Crippen LogP contribution is 2.25. The molecule has 0 spiro atoms. The van der Waals surface area contributed by atoms with Gasteiger partial charge < -0.3 is 14.5 Å². The minimum absolute atomic E-state index is 0.218. The number of anilines is 1. The molecule has 128 valence electrons. The Morgan fingerprint density at radius 2 is 2.12 bits per heavy atom. The van der Waals surface area contributed by atoms with E-state index in [1.807, 2.05) is 13.0 Å². The molecule has 0 bridgehead atoms. The van der Waals surface area contributed by atoms with E-state index in [2.05, 4.69) is 10.4 Å². The maximum Gasteiger partial charge on any atom is 0.267 e. The first-order chi connectivity index (χ1) is 12.1. The molecular weight excluding hydrogens is 322 g/mol. The van der Waals surface area contributed by atoms with Crippen LogP contribution in [-0.2, 0) is 11.3 Å². The predicted molar refractivity (Wildman–Crippen MR) is 92.6 cm³/mol. The summed E-state index contributed by atoms with van der Waals surface area (Å²) in [6.07, 6.45) is 1.52. The van der Waals surface area contributed by atoms with E-state index < -0.39 is 0 Å². The second-order valence-electron chi connectivity index (χ2n) is 5.44. The Morgan fingerprint density at radius 3 is 2.84 bits per heavy atom. The molecule has 0 aliphatic heterocycles. The number of hydrogen-bond donors (Lipinski definition) is 1. The number of nitrogens with one attached hydrogen (secondary N) is 1. The standard InChI is InChI=1S/C18H17N3O4/c1-12-5-7-15(24-2)14(10-12)19-17(22)11-21-18(23)8-6-13(20-21)16-4-3-9-25-16/h3-10H,11H2,1-2H3,(H,19,22). The van der Waals surface area contributed by atoms with Gasteiger partial charge in [-0.1, -0.05) is 6.07 Å². The number of hydrogen-bond acceptors (Lipinski definition) is 5. The van der Waals surface area contributed by atoms with Crippen LogP contribution in [0.25, 0.3) is 11.5 Å². The molecule has 25 heavy (non-hydrogen) atoms. The molecule has 2 heterocycles. The van der Waals surface area contributed by atoms with E-state index >= 15 is 0 Å². The number of aromatic nitrogens is 2. The zero-order valence-corrected chi connectivity index (χ0v) is 13.9. The third-order valence-corrected chi connectivity index (χ3v) is 3.56. The number of ether oxygens (including phenoxy) is 1. The van der Waals surface area contributed by atoms with Gasteiger partial charge in [-0.3, -0.25) is 9.59 Å². The van der Waals surface area contributed by atoms with Crippen LogP contribution in [0.5, 0.6) is 5.75 Å². The Bertz CT molecular complexity index is 945. The highest BCUT2D eigenvalue weighted by Gasteiger charge is 2.12. The van der Waals surface area contributed by atoms with Crippen LogP contribution in [0.2, 0.25) is 0 Å². The molecule has 1 N–H and O–H groups in total. The Balaban J connectivity index is 1.81. The molecule has 0 fully saturated rings. The summed E-state index contributed by atoms with van der Waals surface area (Å²) in [6.45, 7) is 1.69. The van der Waals surface area contributed by atoms with Crippen molar-refractivity contribution in [2.24, 2.45) is 0 Å². The second kappa shape index (κ2) is 7.04. The molecule has 0 saturated carbocycles. The van der Waals surface area contributed by atoms with Crippen molar-refractivity contribution in [2.45, 2.75) is 13.5 Å². The van der Waals surface area contributed by atoms with Crippen molar-refractivity contribution < 1.29 is 13.9 Å². The lowest BCUT2D eigenvalue weighted by atomic mass is 10.2. The molecule has 3 aromatic rings. The summed E-state index contributed by atoms with van der Waals surface area (Å²) in [6, 6.07) is 11.8. The SMILES string of the molecule is COc1ccc(C)cc1NC(=O)Cn1nc(-c2ccco2)ccc1=O. The molecule has 7 nitrogen and oxygen atoms in total. The van der Waals surface area contributed by atoms with E-state index in [-0.39, 0.29) is 18.0 Å². The van der Waals surface area contributed by atoms with Gasteiger partial charge in [-0.05, 0) is 42.8 Å². The Hall–Kier alpha value is -3.35. The van der Waals surface area contributed by atoms with E-state index in [4.69, 9.17) is 9.15 Å². The number of furan rings is 1. The molecule has 0 radical (unpaired) electrons. The lowest BCUT2D eigenvalue weighted by Gasteiger charge is -2.11. The fourth-order valence-electron chi connectivity index (χ4n) is 2.36. The number of carbonyl (C=O) groups is 1. The van der Waals surface area contributed by atoms with E-state index in [0.29, 0.717) is 22.9 Å². The summed E-state index contributed by atoms with van der Waals surface area (Å²) >= 11 is 0. The predicted octanol–water partition coefficient (Wildman–Crippen LogP) is 2.46.